The molecular weight excluding hydrogens is 337 g/mol. The molecule has 0 atom stereocenters. The number of hydrogen-bond donors (Lipinski definition) is 1. The van der Waals surface area contributed by atoms with Gasteiger partial charge < -0.3 is 5.32 Å². The average Bonchev–Trinajstić information content (AvgIpc) is 2.78. The van der Waals surface area contributed by atoms with Gasteiger partial charge in [-0.05, 0) is 44.0 Å². The summed E-state index contributed by atoms with van der Waals surface area (Å²) in [6.45, 7) is 2.22. The number of nitrogens with zero attached hydrogens (tertiary/aromatic N) is 2. The van der Waals surface area contributed by atoms with Crippen molar-refractivity contribution in [2.75, 3.05) is 19.6 Å². The number of imide groups is 1. The molecule has 9 heteroatoms. The smallest absolute Gasteiger partial charge is 0.323 e. The van der Waals surface area contributed by atoms with E-state index in [0.29, 0.717) is 0 Å². The third-order valence-corrected chi connectivity index (χ3v) is 6.50. The maximum atomic E-state index is 13.0. The van der Waals surface area contributed by atoms with Crippen molar-refractivity contribution in [2.45, 2.75) is 30.2 Å². The van der Waals surface area contributed by atoms with Crippen LogP contribution >= 0.6 is 0 Å². The van der Waals surface area contributed by atoms with E-state index in [1.165, 1.54) is 16.4 Å². The van der Waals surface area contributed by atoms with Gasteiger partial charge in [-0.1, -0.05) is 0 Å². The van der Waals surface area contributed by atoms with E-state index in [1.807, 2.05) is 0 Å². The largest absolute Gasteiger partial charge is 0.325 e. The zero-order valence-electron chi connectivity index (χ0n) is 13.2. The van der Waals surface area contributed by atoms with Crippen LogP contribution in [0.4, 0.5) is 9.18 Å². The molecule has 24 heavy (non-hydrogen) atoms. The van der Waals surface area contributed by atoms with Crippen molar-refractivity contribution in [3.8, 4) is 0 Å². The lowest BCUT2D eigenvalue weighted by molar-refractivity contribution is -0.132. The molecule has 1 spiro atoms. The summed E-state index contributed by atoms with van der Waals surface area (Å²) in [5.41, 5.74) is -1.01. The van der Waals surface area contributed by atoms with Gasteiger partial charge in [-0.3, -0.25) is 9.69 Å². The van der Waals surface area contributed by atoms with E-state index in [-0.39, 0.29) is 43.3 Å². The average molecular weight is 355 g/mol. The summed E-state index contributed by atoms with van der Waals surface area (Å²) in [7, 11) is -3.75. The first-order valence-electron chi connectivity index (χ1n) is 7.70. The summed E-state index contributed by atoms with van der Waals surface area (Å²) in [6.07, 6.45) is 0.434. The fourth-order valence-corrected chi connectivity index (χ4v) is 4.61. The van der Waals surface area contributed by atoms with Crippen LogP contribution in [0.5, 0.6) is 0 Å². The second-order valence-corrected chi connectivity index (χ2v) is 7.86. The maximum absolute atomic E-state index is 13.0. The fourth-order valence-electron chi connectivity index (χ4n) is 3.17. The van der Waals surface area contributed by atoms with Gasteiger partial charge in [0.2, 0.25) is 10.0 Å². The van der Waals surface area contributed by atoms with Gasteiger partial charge in [0.25, 0.3) is 5.91 Å². The number of rotatable bonds is 3. The van der Waals surface area contributed by atoms with Gasteiger partial charge in [0.05, 0.1) is 4.90 Å². The van der Waals surface area contributed by atoms with Crippen LogP contribution in [-0.4, -0.2) is 54.7 Å². The Kier molecular flexibility index (Phi) is 4.08. The van der Waals surface area contributed by atoms with E-state index >= 15 is 0 Å². The molecule has 1 aromatic carbocycles. The standard InChI is InChI=1S/C15H18FN3O4S/c1-2-19-13(20)15(17-14(19)21)7-9-18(10-8-15)24(22,23)12-5-3-11(16)4-6-12/h3-6H,2,7-10H2,1H3,(H,17,21). The second-order valence-electron chi connectivity index (χ2n) is 5.92. The van der Waals surface area contributed by atoms with Crippen molar-refractivity contribution < 1.29 is 22.4 Å². The van der Waals surface area contributed by atoms with Crippen LogP contribution in [0.2, 0.25) is 0 Å². The molecule has 0 radical (unpaired) electrons. The highest BCUT2D eigenvalue weighted by Gasteiger charge is 2.52. The molecule has 2 fully saturated rings. The van der Waals surface area contributed by atoms with Gasteiger partial charge in [0, 0.05) is 19.6 Å². The lowest BCUT2D eigenvalue weighted by Gasteiger charge is -2.36. The summed E-state index contributed by atoms with van der Waals surface area (Å²) in [6, 6.07) is 4.20. The monoisotopic (exact) mass is 355 g/mol. The van der Waals surface area contributed by atoms with Gasteiger partial charge in [-0.15, -0.1) is 0 Å². The molecule has 7 nitrogen and oxygen atoms in total. The van der Waals surface area contributed by atoms with Crippen LogP contribution in [0, 0.1) is 5.82 Å². The zero-order chi connectivity index (χ0) is 17.5. The van der Waals surface area contributed by atoms with Gasteiger partial charge in [-0.25, -0.2) is 17.6 Å². The van der Waals surface area contributed by atoms with Gasteiger partial charge >= 0.3 is 6.03 Å². The second kappa shape index (κ2) is 5.82. The molecule has 0 saturated carbocycles. The molecule has 2 aliphatic heterocycles. The lowest BCUT2D eigenvalue weighted by atomic mass is 9.88. The van der Waals surface area contributed by atoms with E-state index in [2.05, 4.69) is 5.32 Å². The molecule has 3 amide bonds. The predicted molar refractivity (Wildman–Crippen MR) is 83.0 cm³/mol. The van der Waals surface area contributed by atoms with E-state index in [1.54, 1.807) is 6.92 Å². The number of sulfonamides is 1. The van der Waals surface area contributed by atoms with Crippen molar-refractivity contribution >= 4 is 22.0 Å². The molecule has 0 unspecified atom stereocenters. The normalized spacial score (nSPS) is 21.3. The molecule has 130 valence electrons. The minimum absolute atomic E-state index is 0.0109. The quantitative estimate of drug-likeness (QED) is 0.817. The number of amides is 3. The SMILES string of the molecule is CCN1C(=O)NC2(CCN(S(=O)(=O)c3ccc(F)cc3)CC2)C1=O. The minimum Gasteiger partial charge on any atom is -0.323 e. The molecule has 0 aromatic heterocycles. The highest BCUT2D eigenvalue weighted by Crippen LogP contribution is 2.31. The number of piperidine rings is 1. The van der Waals surface area contributed by atoms with E-state index in [0.717, 1.165) is 17.0 Å². The molecule has 2 saturated heterocycles. The Morgan fingerprint density at radius 1 is 1.17 bits per heavy atom. The van der Waals surface area contributed by atoms with Gasteiger partial charge in [0.15, 0.2) is 0 Å². The molecular formula is C15H18FN3O4S. The summed E-state index contributed by atoms with van der Waals surface area (Å²) >= 11 is 0. The van der Waals surface area contributed by atoms with Gasteiger partial charge in [0.1, 0.15) is 11.4 Å². The number of carbonyl (C=O) groups is 2. The van der Waals surface area contributed by atoms with Crippen molar-refractivity contribution in [3.05, 3.63) is 30.1 Å². The third kappa shape index (κ3) is 2.57. The number of urea groups is 1. The van der Waals surface area contributed by atoms with Crippen LogP contribution in [0.15, 0.2) is 29.2 Å². The Labute approximate surface area is 139 Å². The Hall–Kier alpha value is -2.00. The lowest BCUT2D eigenvalue weighted by Crippen LogP contribution is -2.55. The summed E-state index contributed by atoms with van der Waals surface area (Å²) < 4.78 is 39.4. The van der Waals surface area contributed by atoms with E-state index < -0.39 is 27.4 Å². The van der Waals surface area contributed by atoms with Crippen molar-refractivity contribution in [1.29, 1.82) is 0 Å². The van der Waals surface area contributed by atoms with Gasteiger partial charge in [-0.2, -0.15) is 4.31 Å². The van der Waals surface area contributed by atoms with Crippen LogP contribution in [0.1, 0.15) is 19.8 Å². The Morgan fingerprint density at radius 3 is 2.25 bits per heavy atom. The molecule has 2 heterocycles. The number of likely N-dealkylation sites (N-methyl/N-ethyl adjacent to an activating group) is 1. The molecule has 0 aliphatic carbocycles. The third-order valence-electron chi connectivity index (χ3n) is 4.59. The molecule has 2 aliphatic rings. The first kappa shape index (κ1) is 16.8. The van der Waals surface area contributed by atoms with Crippen molar-refractivity contribution in [2.24, 2.45) is 0 Å². The fraction of sp³-hybridized carbons (Fsp3) is 0.467. The summed E-state index contributed by atoms with van der Waals surface area (Å²) in [5.74, 6) is -0.806. The Morgan fingerprint density at radius 2 is 1.75 bits per heavy atom. The number of benzene rings is 1. The number of hydrogen-bond acceptors (Lipinski definition) is 4. The number of carbonyl (C=O) groups excluding carboxylic acids is 2. The van der Waals surface area contributed by atoms with Crippen molar-refractivity contribution in [1.82, 2.24) is 14.5 Å². The van der Waals surface area contributed by atoms with Crippen LogP contribution < -0.4 is 5.32 Å². The summed E-state index contributed by atoms with van der Waals surface area (Å²) in [5, 5.41) is 2.71. The van der Waals surface area contributed by atoms with Crippen molar-refractivity contribution in [3.63, 3.8) is 0 Å². The number of halogens is 1. The highest BCUT2D eigenvalue weighted by atomic mass is 32.2. The maximum Gasteiger partial charge on any atom is 0.325 e. The van der Waals surface area contributed by atoms with Crippen LogP contribution in [0.25, 0.3) is 0 Å². The highest BCUT2D eigenvalue weighted by molar-refractivity contribution is 7.89. The molecule has 1 N–H and O–H groups in total. The first-order valence-corrected chi connectivity index (χ1v) is 9.14. The topological polar surface area (TPSA) is 86.8 Å². The van der Waals surface area contributed by atoms with E-state index in [9.17, 15) is 22.4 Å². The number of nitrogens with one attached hydrogen (secondary N) is 1. The Balaban J connectivity index is 1.77. The minimum atomic E-state index is -3.75. The molecule has 0 bridgehead atoms. The van der Waals surface area contributed by atoms with Crippen LogP contribution in [-0.2, 0) is 14.8 Å². The predicted octanol–water partition coefficient (Wildman–Crippen LogP) is 0.921. The summed E-state index contributed by atoms with van der Waals surface area (Å²) in [4.78, 5) is 25.4. The Bertz CT molecular complexity index is 770. The zero-order valence-corrected chi connectivity index (χ0v) is 14.0. The molecule has 3 rings (SSSR count). The van der Waals surface area contributed by atoms with Crippen LogP contribution in [0.3, 0.4) is 0 Å². The molecule has 1 aromatic rings. The van der Waals surface area contributed by atoms with E-state index in [4.69, 9.17) is 0 Å². The first-order chi connectivity index (χ1) is 11.3.